The van der Waals surface area contributed by atoms with Crippen LogP contribution in [-0.2, 0) is 10.0 Å². The molecule has 144 valence electrons. The Bertz CT molecular complexity index is 1010. The average Bonchev–Trinajstić information content (AvgIpc) is 2.62. The summed E-state index contributed by atoms with van der Waals surface area (Å²) in [6, 6.07) is 7.68. The molecule has 0 bridgehead atoms. The lowest BCUT2D eigenvalue weighted by molar-refractivity contribution is 0.0957. The second-order valence-electron chi connectivity index (χ2n) is 5.66. The Balaban J connectivity index is 2.36. The van der Waals surface area contributed by atoms with E-state index in [1.54, 1.807) is 0 Å². The van der Waals surface area contributed by atoms with Crippen molar-refractivity contribution in [3.63, 3.8) is 0 Å². The summed E-state index contributed by atoms with van der Waals surface area (Å²) in [5.74, 6) is -1.96. The number of nitrogens with zero attached hydrogens (tertiary/aromatic N) is 1. The SMILES string of the molecule is CNC(=O)c1cc(NC(=O)c2ccc(Br)c(S(=O)(=O)N(C)C)c2)ccc1F. The van der Waals surface area contributed by atoms with Gasteiger partial charge in [0.05, 0.1) is 10.5 Å². The zero-order valence-corrected chi connectivity index (χ0v) is 17.1. The fraction of sp³-hybridized carbons (Fsp3) is 0.176. The summed E-state index contributed by atoms with van der Waals surface area (Å²) in [5.41, 5.74) is 0.0614. The Morgan fingerprint density at radius 1 is 1.07 bits per heavy atom. The first-order chi connectivity index (χ1) is 12.6. The van der Waals surface area contributed by atoms with Crippen LogP contribution in [0.2, 0.25) is 0 Å². The molecule has 0 aliphatic carbocycles. The van der Waals surface area contributed by atoms with Crippen molar-refractivity contribution >= 4 is 43.5 Å². The molecule has 0 heterocycles. The number of halogens is 2. The predicted octanol–water partition coefficient (Wildman–Crippen LogP) is 2.45. The van der Waals surface area contributed by atoms with E-state index >= 15 is 0 Å². The topological polar surface area (TPSA) is 95.6 Å². The van der Waals surface area contributed by atoms with Gasteiger partial charge in [0, 0.05) is 36.9 Å². The molecule has 0 aromatic heterocycles. The van der Waals surface area contributed by atoms with Crippen LogP contribution in [0.4, 0.5) is 10.1 Å². The van der Waals surface area contributed by atoms with E-state index in [9.17, 15) is 22.4 Å². The number of anilines is 1. The molecule has 0 aliphatic heterocycles. The van der Waals surface area contributed by atoms with Crippen LogP contribution < -0.4 is 10.6 Å². The van der Waals surface area contributed by atoms with Crippen molar-refractivity contribution in [2.45, 2.75) is 4.90 Å². The number of carbonyl (C=O) groups is 2. The second-order valence-corrected chi connectivity index (χ2v) is 8.64. The molecule has 0 saturated heterocycles. The zero-order chi connectivity index (χ0) is 20.4. The van der Waals surface area contributed by atoms with Gasteiger partial charge in [-0.3, -0.25) is 9.59 Å². The van der Waals surface area contributed by atoms with Gasteiger partial charge in [0.15, 0.2) is 0 Å². The summed E-state index contributed by atoms with van der Waals surface area (Å²) >= 11 is 3.17. The second kappa shape index (κ2) is 8.15. The molecule has 0 atom stereocenters. The van der Waals surface area contributed by atoms with Crippen LogP contribution in [0.15, 0.2) is 45.8 Å². The molecular weight excluding hydrogens is 441 g/mol. The molecule has 0 radical (unpaired) electrons. The number of nitrogens with one attached hydrogen (secondary N) is 2. The van der Waals surface area contributed by atoms with Crippen LogP contribution in [-0.4, -0.2) is 45.7 Å². The molecule has 0 saturated carbocycles. The molecule has 2 N–H and O–H groups in total. The third kappa shape index (κ3) is 4.52. The fourth-order valence-corrected chi connectivity index (χ4v) is 4.00. The first kappa shape index (κ1) is 21.0. The summed E-state index contributed by atoms with van der Waals surface area (Å²) in [7, 11) is 0.368. The summed E-state index contributed by atoms with van der Waals surface area (Å²) in [5, 5.41) is 4.83. The van der Waals surface area contributed by atoms with Crippen molar-refractivity contribution in [3.8, 4) is 0 Å². The Morgan fingerprint density at radius 2 is 1.74 bits per heavy atom. The van der Waals surface area contributed by atoms with E-state index in [1.165, 1.54) is 51.5 Å². The van der Waals surface area contributed by atoms with Crippen LogP contribution in [0, 0.1) is 5.82 Å². The molecule has 2 aromatic rings. The van der Waals surface area contributed by atoms with E-state index in [2.05, 4.69) is 26.6 Å². The number of carbonyl (C=O) groups excluding carboxylic acids is 2. The van der Waals surface area contributed by atoms with E-state index in [0.717, 1.165) is 10.4 Å². The van der Waals surface area contributed by atoms with Crippen LogP contribution in [0.3, 0.4) is 0 Å². The summed E-state index contributed by atoms with van der Waals surface area (Å²) < 4.78 is 39.8. The highest BCUT2D eigenvalue weighted by atomic mass is 79.9. The highest BCUT2D eigenvalue weighted by Gasteiger charge is 2.22. The Labute approximate surface area is 164 Å². The molecule has 0 unspecified atom stereocenters. The van der Waals surface area contributed by atoms with Crippen molar-refractivity contribution < 1.29 is 22.4 Å². The van der Waals surface area contributed by atoms with Gasteiger partial charge in [0.25, 0.3) is 11.8 Å². The highest BCUT2D eigenvalue weighted by molar-refractivity contribution is 9.10. The molecule has 0 fully saturated rings. The summed E-state index contributed by atoms with van der Waals surface area (Å²) in [6.07, 6.45) is 0. The van der Waals surface area contributed by atoms with Crippen molar-refractivity contribution in [3.05, 3.63) is 57.8 Å². The lowest BCUT2D eigenvalue weighted by Gasteiger charge is -2.14. The minimum absolute atomic E-state index is 0.0645. The van der Waals surface area contributed by atoms with E-state index in [4.69, 9.17) is 0 Å². The van der Waals surface area contributed by atoms with Gasteiger partial charge in [-0.15, -0.1) is 0 Å². The Kier molecular flexibility index (Phi) is 6.34. The minimum Gasteiger partial charge on any atom is -0.355 e. The average molecular weight is 458 g/mol. The molecule has 7 nitrogen and oxygen atoms in total. The molecule has 0 aliphatic rings. The monoisotopic (exact) mass is 457 g/mol. The van der Waals surface area contributed by atoms with Gasteiger partial charge in [0.2, 0.25) is 10.0 Å². The van der Waals surface area contributed by atoms with Crippen LogP contribution in [0.25, 0.3) is 0 Å². The van der Waals surface area contributed by atoms with Gasteiger partial charge in [0.1, 0.15) is 5.82 Å². The van der Waals surface area contributed by atoms with Crippen LogP contribution in [0.1, 0.15) is 20.7 Å². The van der Waals surface area contributed by atoms with Crippen molar-refractivity contribution in [2.24, 2.45) is 0 Å². The predicted molar refractivity (Wildman–Crippen MR) is 103 cm³/mol. The molecule has 27 heavy (non-hydrogen) atoms. The van der Waals surface area contributed by atoms with Gasteiger partial charge in [-0.2, -0.15) is 0 Å². The molecule has 2 aromatic carbocycles. The maximum atomic E-state index is 13.7. The van der Waals surface area contributed by atoms with Crippen LogP contribution >= 0.6 is 15.9 Å². The van der Waals surface area contributed by atoms with E-state index in [0.29, 0.717) is 4.47 Å². The van der Waals surface area contributed by atoms with Gasteiger partial charge in [-0.25, -0.2) is 17.1 Å². The quantitative estimate of drug-likeness (QED) is 0.720. The number of hydrogen-bond donors (Lipinski definition) is 2. The fourth-order valence-electron chi connectivity index (χ4n) is 2.15. The first-order valence-corrected chi connectivity index (χ1v) is 9.86. The van der Waals surface area contributed by atoms with E-state index in [1.807, 2.05) is 0 Å². The minimum atomic E-state index is -3.76. The Morgan fingerprint density at radius 3 is 2.33 bits per heavy atom. The molecule has 2 rings (SSSR count). The third-order valence-corrected chi connectivity index (χ3v) is 6.46. The smallest absolute Gasteiger partial charge is 0.255 e. The highest BCUT2D eigenvalue weighted by Crippen LogP contribution is 2.26. The van der Waals surface area contributed by atoms with Crippen LogP contribution in [0.5, 0.6) is 0 Å². The standard InChI is InChI=1S/C17H17BrFN3O4S/c1-20-17(24)12-9-11(5-7-14(12)19)21-16(23)10-4-6-13(18)15(8-10)27(25,26)22(2)3/h4-9H,1-3H3,(H,20,24)(H,21,23). The van der Waals surface area contributed by atoms with Crippen molar-refractivity contribution in [1.29, 1.82) is 0 Å². The maximum absolute atomic E-state index is 13.7. The number of rotatable bonds is 5. The number of sulfonamides is 1. The lowest BCUT2D eigenvalue weighted by atomic mass is 10.1. The summed E-state index contributed by atoms with van der Waals surface area (Å²) in [4.78, 5) is 24.1. The van der Waals surface area contributed by atoms with Gasteiger partial charge < -0.3 is 10.6 Å². The number of hydrogen-bond acceptors (Lipinski definition) is 4. The van der Waals surface area contributed by atoms with Gasteiger partial charge >= 0.3 is 0 Å². The lowest BCUT2D eigenvalue weighted by Crippen LogP contribution is -2.23. The maximum Gasteiger partial charge on any atom is 0.255 e. The third-order valence-electron chi connectivity index (χ3n) is 3.65. The van der Waals surface area contributed by atoms with Gasteiger partial charge in [-0.1, -0.05) is 0 Å². The largest absolute Gasteiger partial charge is 0.355 e. The summed E-state index contributed by atoms with van der Waals surface area (Å²) in [6.45, 7) is 0. The van der Waals surface area contributed by atoms with Gasteiger partial charge in [-0.05, 0) is 52.3 Å². The molecule has 2 amide bonds. The molecule has 0 spiro atoms. The van der Waals surface area contributed by atoms with Crippen molar-refractivity contribution in [1.82, 2.24) is 9.62 Å². The molecule has 10 heteroatoms. The molecular formula is C17H17BrFN3O4S. The van der Waals surface area contributed by atoms with E-state index < -0.39 is 27.7 Å². The Hall–Kier alpha value is -2.30. The number of amides is 2. The van der Waals surface area contributed by atoms with Crippen molar-refractivity contribution in [2.75, 3.05) is 26.5 Å². The normalized spacial score (nSPS) is 11.3. The zero-order valence-electron chi connectivity index (χ0n) is 14.7. The van der Waals surface area contributed by atoms with E-state index in [-0.39, 0.29) is 21.7 Å². The number of benzene rings is 2. The first-order valence-electron chi connectivity index (χ1n) is 7.63.